The van der Waals surface area contributed by atoms with Crippen molar-refractivity contribution in [3.8, 4) is 0 Å². The molecule has 2 rings (SSSR count). The normalized spacial score (nSPS) is 12.2. The van der Waals surface area contributed by atoms with Gasteiger partial charge in [0.25, 0.3) is 0 Å². The van der Waals surface area contributed by atoms with Crippen molar-refractivity contribution >= 4 is 11.6 Å². The van der Waals surface area contributed by atoms with Crippen molar-refractivity contribution in [3.05, 3.63) is 46.8 Å². The predicted molar refractivity (Wildman–Crippen MR) is 96.3 cm³/mol. The van der Waals surface area contributed by atoms with Gasteiger partial charge < -0.3 is 10.4 Å². The number of carbonyl (C=O) groups is 1. The lowest BCUT2D eigenvalue weighted by Crippen LogP contribution is -2.20. The average Bonchev–Trinajstić information content (AvgIpc) is 2.82. The number of hydrogen-bond acceptors (Lipinski definition) is 3. The molecule has 1 heterocycles. The maximum absolute atomic E-state index is 12.3. The predicted octanol–water partition coefficient (Wildman–Crippen LogP) is 3.19. The summed E-state index contributed by atoms with van der Waals surface area (Å²) in [6.07, 6.45) is 1.66. The van der Waals surface area contributed by atoms with Crippen LogP contribution < -0.4 is 5.32 Å². The molecule has 1 amide bonds. The van der Waals surface area contributed by atoms with Gasteiger partial charge in [0, 0.05) is 18.0 Å². The van der Waals surface area contributed by atoms with E-state index < -0.39 is 0 Å². The van der Waals surface area contributed by atoms with Gasteiger partial charge in [-0.2, -0.15) is 5.10 Å². The first-order valence-electron chi connectivity index (χ1n) is 8.49. The van der Waals surface area contributed by atoms with E-state index in [1.54, 1.807) is 4.68 Å². The molecule has 0 bridgehead atoms. The van der Waals surface area contributed by atoms with Crippen LogP contribution in [0.25, 0.3) is 0 Å². The molecule has 0 saturated heterocycles. The van der Waals surface area contributed by atoms with E-state index in [1.165, 1.54) is 5.56 Å². The third kappa shape index (κ3) is 4.23. The monoisotopic (exact) mass is 329 g/mol. The molecule has 0 unspecified atom stereocenters. The Balaban J connectivity index is 2.02. The zero-order chi connectivity index (χ0) is 17.7. The van der Waals surface area contributed by atoms with Gasteiger partial charge in [-0.3, -0.25) is 9.48 Å². The molecule has 2 aromatic rings. The summed E-state index contributed by atoms with van der Waals surface area (Å²) in [6.45, 7) is 8.45. The Kier molecular flexibility index (Phi) is 6.15. The fourth-order valence-electron chi connectivity index (χ4n) is 2.83. The summed E-state index contributed by atoms with van der Waals surface area (Å²) in [7, 11) is 0. The first-order valence-corrected chi connectivity index (χ1v) is 8.49. The maximum Gasteiger partial charge on any atom is 0.246 e. The van der Waals surface area contributed by atoms with E-state index in [2.05, 4.69) is 36.4 Å². The molecule has 1 aromatic carbocycles. The number of aromatic nitrogens is 2. The van der Waals surface area contributed by atoms with Crippen LogP contribution in [0.2, 0.25) is 0 Å². The van der Waals surface area contributed by atoms with Crippen molar-refractivity contribution in [3.63, 3.8) is 0 Å². The van der Waals surface area contributed by atoms with Gasteiger partial charge >= 0.3 is 0 Å². The van der Waals surface area contributed by atoms with Gasteiger partial charge in [0.2, 0.25) is 5.91 Å². The van der Waals surface area contributed by atoms with Crippen LogP contribution >= 0.6 is 0 Å². The van der Waals surface area contributed by atoms with E-state index in [1.807, 2.05) is 26.0 Å². The van der Waals surface area contributed by atoms with Crippen molar-refractivity contribution in [1.29, 1.82) is 0 Å². The first kappa shape index (κ1) is 18.2. The van der Waals surface area contributed by atoms with Crippen LogP contribution in [0.3, 0.4) is 0 Å². The quantitative estimate of drug-likeness (QED) is 0.820. The largest absolute Gasteiger partial charge is 0.396 e. The fourth-order valence-corrected chi connectivity index (χ4v) is 2.83. The minimum absolute atomic E-state index is 0.0854. The summed E-state index contributed by atoms with van der Waals surface area (Å²) < 4.78 is 1.70. The standard InChI is InChI=1S/C19H27N3O2/c1-5-13(2)16-6-8-17(9-7-16)20-19(24)12-22-15(4)18(10-11-23)14(3)21-22/h6-9,13,23H,5,10-12H2,1-4H3,(H,20,24)/t13-/m1/s1. The lowest BCUT2D eigenvalue weighted by atomic mass is 9.99. The van der Waals surface area contributed by atoms with Gasteiger partial charge in [-0.05, 0) is 55.9 Å². The third-order valence-corrected chi connectivity index (χ3v) is 4.56. The van der Waals surface area contributed by atoms with Gasteiger partial charge in [-0.25, -0.2) is 0 Å². The van der Waals surface area contributed by atoms with Crippen molar-refractivity contribution in [1.82, 2.24) is 9.78 Å². The van der Waals surface area contributed by atoms with E-state index in [0.29, 0.717) is 12.3 Å². The Bertz CT molecular complexity index is 689. The van der Waals surface area contributed by atoms with E-state index in [9.17, 15) is 4.79 Å². The molecule has 0 aliphatic carbocycles. The Morgan fingerprint density at radius 1 is 1.29 bits per heavy atom. The number of benzene rings is 1. The van der Waals surface area contributed by atoms with E-state index >= 15 is 0 Å². The van der Waals surface area contributed by atoms with Crippen LogP contribution in [0, 0.1) is 13.8 Å². The zero-order valence-electron chi connectivity index (χ0n) is 15.0. The van der Waals surface area contributed by atoms with Crippen molar-refractivity contribution in [2.45, 2.75) is 53.0 Å². The molecule has 0 fully saturated rings. The van der Waals surface area contributed by atoms with Crippen LogP contribution in [-0.2, 0) is 17.8 Å². The second-order valence-electron chi connectivity index (χ2n) is 6.26. The Morgan fingerprint density at radius 3 is 2.54 bits per heavy atom. The number of anilines is 1. The molecule has 130 valence electrons. The number of amides is 1. The molecule has 0 aliphatic heterocycles. The van der Waals surface area contributed by atoms with E-state index in [-0.39, 0.29) is 19.1 Å². The van der Waals surface area contributed by atoms with Crippen LogP contribution in [-0.4, -0.2) is 27.4 Å². The van der Waals surface area contributed by atoms with Gasteiger partial charge in [0.15, 0.2) is 0 Å². The number of carbonyl (C=O) groups excluding carboxylic acids is 1. The van der Waals surface area contributed by atoms with E-state index in [4.69, 9.17) is 5.11 Å². The molecule has 24 heavy (non-hydrogen) atoms. The van der Waals surface area contributed by atoms with Gasteiger partial charge in [-0.1, -0.05) is 26.0 Å². The topological polar surface area (TPSA) is 67.2 Å². The van der Waals surface area contributed by atoms with Crippen LogP contribution in [0.5, 0.6) is 0 Å². The summed E-state index contributed by atoms with van der Waals surface area (Å²) in [6, 6.07) is 8.01. The van der Waals surface area contributed by atoms with E-state index in [0.717, 1.165) is 29.1 Å². The molecule has 0 saturated carbocycles. The molecule has 5 heteroatoms. The molecule has 5 nitrogen and oxygen atoms in total. The number of nitrogens with zero attached hydrogens (tertiary/aromatic N) is 2. The van der Waals surface area contributed by atoms with Gasteiger partial charge in [-0.15, -0.1) is 0 Å². The van der Waals surface area contributed by atoms with Crippen LogP contribution in [0.1, 0.15) is 48.7 Å². The highest BCUT2D eigenvalue weighted by Crippen LogP contribution is 2.20. The number of nitrogens with one attached hydrogen (secondary N) is 1. The van der Waals surface area contributed by atoms with Gasteiger partial charge in [0.1, 0.15) is 6.54 Å². The maximum atomic E-state index is 12.3. The Hall–Kier alpha value is -2.14. The smallest absolute Gasteiger partial charge is 0.246 e. The lowest BCUT2D eigenvalue weighted by molar-refractivity contribution is -0.116. The molecule has 0 spiro atoms. The summed E-state index contributed by atoms with van der Waals surface area (Å²) in [5, 5.41) is 16.4. The minimum Gasteiger partial charge on any atom is -0.396 e. The first-order chi connectivity index (χ1) is 11.5. The number of aryl methyl sites for hydroxylation is 1. The van der Waals surface area contributed by atoms with Crippen molar-refractivity contribution in [2.24, 2.45) is 0 Å². The number of aliphatic hydroxyl groups is 1. The van der Waals surface area contributed by atoms with Gasteiger partial charge in [0.05, 0.1) is 5.69 Å². The average molecular weight is 329 g/mol. The molecular formula is C19H27N3O2. The summed E-state index contributed by atoms with van der Waals surface area (Å²) in [4.78, 5) is 12.3. The molecule has 1 aromatic heterocycles. The number of aliphatic hydroxyl groups excluding tert-OH is 1. The highest BCUT2D eigenvalue weighted by molar-refractivity contribution is 5.90. The fraction of sp³-hybridized carbons (Fsp3) is 0.474. The zero-order valence-corrected chi connectivity index (χ0v) is 15.0. The molecular weight excluding hydrogens is 302 g/mol. The molecule has 0 radical (unpaired) electrons. The summed E-state index contributed by atoms with van der Waals surface area (Å²) in [5.41, 5.74) is 4.89. The summed E-state index contributed by atoms with van der Waals surface area (Å²) >= 11 is 0. The lowest BCUT2D eigenvalue weighted by Gasteiger charge is -2.11. The Morgan fingerprint density at radius 2 is 1.96 bits per heavy atom. The summed E-state index contributed by atoms with van der Waals surface area (Å²) in [5.74, 6) is 0.418. The Labute approximate surface area is 143 Å². The second kappa shape index (κ2) is 8.11. The highest BCUT2D eigenvalue weighted by Gasteiger charge is 2.13. The molecule has 0 aliphatic rings. The van der Waals surface area contributed by atoms with Crippen LogP contribution in [0.4, 0.5) is 5.69 Å². The minimum atomic E-state index is -0.104. The SMILES string of the molecule is CC[C@@H](C)c1ccc(NC(=O)Cn2nc(C)c(CCO)c2C)cc1. The second-order valence-corrected chi connectivity index (χ2v) is 6.26. The van der Waals surface area contributed by atoms with Crippen molar-refractivity contribution < 1.29 is 9.90 Å². The molecule has 2 N–H and O–H groups in total. The highest BCUT2D eigenvalue weighted by atomic mass is 16.3. The third-order valence-electron chi connectivity index (χ3n) is 4.56. The van der Waals surface area contributed by atoms with Crippen LogP contribution in [0.15, 0.2) is 24.3 Å². The number of rotatable bonds is 7. The molecule has 1 atom stereocenters. The van der Waals surface area contributed by atoms with Crippen molar-refractivity contribution in [2.75, 3.05) is 11.9 Å². The number of hydrogen-bond donors (Lipinski definition) is 2.